The van der Waals surface area contributed by atoms with Crippen LogP contribution in [0.5, 0.6) is 0 Å². The highest BCUT2D eigenvalue weighted by molar-refractivity contribution is 8.32. The predicted molar refractivity (Wildman–Crippen MR) is 456 cm³/mol. The van der Waals surface area contributed by atoms with Gasteiger partial charge in [-0.3, -0.25) is 51.5 Å². The first-order valence-electron chi connectivity index (χ1n) is 38.5. The monoisotopic (exact) mass is 2020 g/mol. The molecule has 6 aliphatic heterocycles. The molecule has 17 heterocycles. The third-order valence-electron chi connectivity index (χ3n) is 21.4. The number of hydrogen-bond acceptors (Lipinski definition) is 53. The summed E-state index contributed by atoms with van der Waals surface area (Å²) in [6, 6.07) is 0. The van der Waals surface area contributed by atoms with Gasteiger partial charge >= 0.3 is 5.69 Å². The lowest BCUT2D eigenvalue weighted by Crippen LogP contribution is -2.34. The minimum Gasteiger partial charge on any atom is -0.780 e. The van der Waals surface area contributed by atoms with Crippen LogP contribution in [0.25, 0.3) is 55.8 Å². The molecule has 11 aromatic heterocycles. The fraction of sp³-hybridized carbons (Fsp3) is 0.532. The lowest BCUT2D eigenvalue weighted by atomic mass is 10.1. The Kier molecular flexibility index (Phi) is 27.1. The molecule has 129 heavy (non-hydrogen) atoms. The van der Waals surface area contributed by atoms with Crippen LogP contribution in [0.4, 0.5) is 35.2 Å². The van der Waals surface area contributed by atoms with E-state index in [4.69, 9.17) is 188 Å². The van der Waals surface area contributed by atoms with E-state index in [1.54, 1.807) is 11.5 Å². The summed E-state index contributed by atoms with van der Waals surface area (Å²) in [5, 5.41) is 0. The van der Waals surface area contributed by atoms with E-state index in [2.05, 4.69) is 79.7 Å². The molecule has 17 rings (SSSR count). The number of aromatic amines is 2. The molecule has 24 atom stereocenters. The highest BCUT2D eigenvalue weighted by Crippen LogP contribution is 2.56. The standard InChI is InChI=1S/C62H80N28O27P6S6/c1-4-26-27(5-39(106-26)86-20-75-44-50(64)69-17-72-53(44)86)113-119(95,125)101-16-37-32(10-43(111-37)90-24-79-48-57(90)82-61(68)84-59(48)92)117-122(98,128)103-13-34-29(6-38(107-34)85-11-25(2)49(63)80-62(85)93)114-120(96,126)104-14-35-31(9-41(108-35)88-22-77-46-52(66)71-19-74-55(46)88)116-123(99,129)105-15-36-30(8-40(109-36)87-21-76-45-51(65)70-18-73-54(45)87)115-121(97,127)102-12-33-28(112-118(94,124)100-3)7-42(110-33)89-23-78-47-56(89)81-60(67)83-58(47)91/h11,17-24,26-43H,4-10,12-16H2,1-3H3,(H,94,124)(H,95,125)(H,96,126)(H,97,127)(H,98,128)(H,99,129)(H2,63,80,93)(H2,64,69,72)(H2,65,70,73)(H2,66,71,74)(H3,67,81,83,91)(H3,68,82,84,92)/p-6/t26-,27-,28-,29-,30-,31-,32-,33-,34-,35-,36-,37-,38-,39-,40-,41-,42-,43-,118?,119?,120?,121?,122?,123?/m1/s1. The maximum Gasteiger partial charge on any atom is 0.351 e. The van der Waals surface area contributed by atoms with Crippen molar-refractivity contribution in [3.8, 4) is 0 Å². The quantitative estimate of drug-likeness (QED) is 0.0167. The summed E-state index contributed by atoms with van der Waals surface area (Å²) in [4.78, 5) is 175. The van der Waals surface area contributed by atoms with Crippen molar-refractivity contribution in [1.82, 2.24) is 107 Å². The number of aryl methyl sites for hydroxylation is 1. The van der Waals surface area contributed by atoms with Gasteiger partial charge in [-0.2, -0.15) is 15.0 Å². The third kappa shape index (κ3) is 20.5. The second-order valence-electron chi connectivity index (χ2n) is 29.6. The summed E-state index contributed by atoms with van der Waals surface area (Å²) >= 11 is 32.8. The van der Waals surface area contributed by atoms with Gasteiger partial charge in [-0.25, -0.2) is 59.6 Å². The van der Waals surface area contributed by atoms with Gasteiger partial charge in [0.05, 0.1) is 107 Å². The number of nitrogens with one attached hydrogen (secondary N) is 2. The van der Waals surface area contributed by atoms with Gasteiger partial charge in [-0.1, -0.05) is 66.0 Å². The minimum atomic E-state index is -4.94. The maximum absolute atomic E-state index is 15.0. The Morgan fingerprint density at radius 3 is 1.02 bits per heavy atom. The van der Waals surface area contributed by atoms with Crippen LogP contribution in [0, 0.1) is 6.92 Å². The fourth-order valence-corrected chi connectivity index (χ4v) is 23.6. The molecule has 0 amide bonds. The average Bonchev–Trinajstić information content (AvgIpc) is 1.64. The molecule has 0 radical (unpaired) electrons. The molecule has 0 aliphatic carbocycles. The molecule has 67 heteroatoms. The Hall–Kier alpha value is -7.06. The zero-order valence-electron chi connectivity index (χ0n) is 66.6. The first kappa shape index (κ1) is 93.7. The highest BCUT2D eigenvalue weighted by atomic mass is 32.7. The van der Waals surface area contributed by atoms with Crippen LogP contribution >= 0.6 is 40.4 Å². The largest absolute Gasteiger partial charge is 0.780 e. The Morgan fingerprint density at radius 2 is 0.690 bits per heavy atom. The smallest absolute Gasteiger partial charge is 0.351 e. The zero-order valence-corrected chi connectivity index (χ0v) is 76.9. The Bertz CT molecular complexity index is 6610. The lowest BCUT2D eigenvalue weighted by molar-refractivity contribution is -0.221. The summed E-state index contributed by atoms with van der Waals surface area (Å²) in [6.07, 6.45) is -11.4. The SMILES string of the molecule is CC[C@H]1O[C@@H](n2cnc3c(N)ncnc32)C[C@H]1OP([O-])(=S)OC[C@H]1O[C@@H](n2cnc3c(=O)[nH]c(N)nc32)C[C@H]1OP(=O)([S-])OC[C@H]1O[C@@H](n2cc(C)c(N)nc2=O)C[C@H]1OP([O-])(=S)OC[C@H]1O[C@@H](n2cnc3c(N)ncnc32)C[C@H]1OP([O-])(=S)OC[C@H]1O[C@@H](n2cnc3c(N)ncnc32)C[C@H]1OP([O-])(=S)OC[C@H]1O[C@@H](n2cnc3c(=O)[nH]c(N)nc32)C[C@H]1OP([O-])(=S)OC. The average molecular weight is 2020 g/mol. The van der Waals surface area contributed by atoms with E-state index in [9.17, 15) is 43.4 Å². The number of ether oxygens (including phenoxy) is 6. The molecule has 0 saturated carbocycles. The topological polar surface area (TPSA) is 747 Å². The molecular formula is C62H74N28O27P6S6-6. The molecule has 14 N–H and O–H groups in total. The molecule has 11 aromatic rings. The van der Waals surface area contributed by atoms with Crippen LogP contribution in [-0.4, -0.2) is 221 Å². The number of nitrogens with two attached hydrogens (primary N) is 6. The Morgan fingerprint density at radius 1 is 0.403 bits per heavy atom. The molecule has 0 aromatic carbocycles. The Labute approximate surface area is 754 Å². The predicted octanol–water partition coefficient (Wildman–Crippen LogP) is -1.41. The van der Waals surface area contributed by atoms with Gasteiger partial charge in [-0.15, -0.1) is 0 Å². The number of aromatic nitrogens is 22. The molecule has 6 saturated heterocycles. The van der Waals surface area contributed by atoms with E-state index >= 15 is 0 Å². The number of nitrogen functional groups attached to an aromatic ring is 6. The van der Waals surface area contributed by atoms with Gasteiger partial charge < -0.3 is 154 Å². The maximum atomic E-state index is 15.0. The fourth-order valence-electron chi connectivity index (χ4n) is 15.4. The summed E-state index contributed by atoms with van der Waals surface area (Å²) in [5.74, 6) is -0.489. The van der Waals surface area contributed by atoms with E-state index in [1.807, 2.05) is 6.92 Å². The number of H-pyrrole nitrogens is 2. The Balaban J connectivity index is 0.587. The van der Waals surface area contributed by atoms with Crippen molar-refractivity contribution in [2.45, 2.75) is 169 Å². The molecule has 0 bridgehead atoms. The van der Waals surface area contributed by atoms with Crippen molar-refractivity contribution in [1.29, 1.82) is 0 Å². The summed E-state index contributed by atoms with van der Waals surface area (Å²) in [7, 11) is 1.06. The molecule has 6 unspecified atom stereocenters. The number of imidazole rings is 5. The summed E-state index contributed by atoms with van der Waals surface area (Å²) < 4.78 is 132. The highest BCUT2D eigenvalue weighted by Gasteiger charge is 2.48. The van der Waals surface area contributed by atoms with Crippen molar-refractivity contribution in [3.05, 3.63) is 93.6 Å². The normalized spacial score (nSPS) is 29.1. The number of rotatable bonds is 35. The molecular weight excluding hydrogens is 1950 g/mol. The van der Waals surface area contributed by atoms with Crippen molar-refractivity contribution in [2.24, 2.45) is 0 Å². The number of anilines is 6. The first-order valence-corrected chi connectivity index (χ1v) is 53.8. The third-order valence-corrected chi connectivity index (χ3v) is 30.9. The van der Waals surface area contributed by atoms with Gasteiger partial charge in [0, 0.05) is 57.4 Å². The van der Waals surface area contributed by atoms with Crippen molar-refractivity contribution >= 4 is 203 Å². The summed E-state index contributed by atoms with van der Waals surface area (Å²) in [6.45, 7) is -28.6. The van der Waals surface area contributed by atoms with Crippen molar-refractivity contribution in [3.63, 3.8) is 0 Å². The molecule has 0 spiro atoms. The number of hydrogen-bond donors (Lipinski definition) is 8. The zero-order chi connectivity index (χ0) is 91.3. The second-order valence-corrected chi connectivity index (χ2v) is 45.9. The van der Waals surface area contributed by atoms with E-state index in [0.717, 1.165) is 11.7 Å². The molecule has 55 nitrogen and oxygen atoms in total. The van der Waals surface area contributed by atoms with Crippen molar-refractivity contribution < 1.29 is 112 Å². The van der Waals surface area contributed by atoms with Gasteiger partial charge in [0.2, 0.25) is 11.9 Å². The van der Waals surface area contributed by atoms with E-state index in [1.165, 1.54) is 75.1 Å². The van der Waals surface area contributed by atoms with Crippen LogP contribution < -0.4 is 75.7 Å². The van der Waals surface area contributed by atoms with Gasteiger partial charge in [0.25, 0.3) is 11.1 Å². The number of nitrogens with zero attached hydrogens (tertiary/aromatic N) is 20. The van der Waals surface area contributed by atoms with Crippen LogP contribution in [0.2, 0.25) is 0 Å². The first-order chi connectivity index (χ1) is 61.2. The van der Waals surface area contributed by atoms with Gasteiger partial charge in [0.15, 0.2) is 63.5 Å². The van der Waals surface area contributed by atoms with Crippen molar-refractivity contribution in [2.75, 3.05) is 74.5 Å². The van der Waals surface area contributed by atoms with Crippen LogP contribution in [0.15, 0.2) is 71.2 Å². The van der Waals surface area contributed by atoms with Gasteiger partial charge in [0.1, 0.15) is 143 Å². The molecule has 6 fully saturated rings. The van der Waals surface area contributed by atoms with Gasteiger partial charge in [-0.05, 0) is 13.3 Å². The lowest BCUT2D eigenvalue weighted by Gasteiger charge is -2.36. The number of fused-ring (bicyclic) bond motifs is 5. The minimum absolute atomic E-state index is 0.00770. The van der Waals surface area contributed by atoms with E-state index in [0.29, 0.717) is 23.1 Å². The van der Waals surface area contributed by atoms with Crippen LogP contribution in [0.3, 0.4) is 0 Å². The van der Waals surface area contributed by atoms with E-state index in [-0.39, 0.29) is 118 Å². The van der Waals surface area contributed by atoms with Crippen LogP contribution in [0.1, 0.15) is 94.8 Å². The summed E-state index contributed by atoms with van der Waals surface area (Å²) in [5.41, 5.74) is 35.4. The second kappa shape index (κ2) is 37.3. The van der Waals surface area contributed by atoms with Crippen LogP contribution in [-0.2, 0) is 159 Å². The molecule has 6 aliphatic rings. The molecule has 696 valence electrons. The van der Waals surface area contributed by atoms with E-state index < -0.39 is 201 Å².